The molecule has 3 rings (SSSR count). The number of pyridine rings is 1. The van der Waals surface area contributed by atoms with Gasteiger partial charge in [-0.1, -0.05) is 23.9 Å². The van der Waals surface area contributed by atoms with Crippen molar-refractivity contribution in [2.24, 2.45) is 7.05 Å². The van der Waals surface area contributed by atoms with Crippen molar-refractivity contribution < 1.29 is 4.79 Å². The average Bonchev–Trinajstić information content (AvgIpc) is 3.07. The monoisotopic (exact) mass is 396 g/mol. The Balaban J connectivity index is 1.62. The van der Waals surface area contributed by atoms with Gasteiger partial charge in [0.05, 0.1) is 23.3 Å². The molecule has 0 aliphatic carbocycles. The minimum atomic E-state index is -0.140. The van der Waals surface area contributed by atoms with E-state index in [1.54, 1.807) is 12.4 Å². The number of hydrogen-bond acceptors (Lipinski definition) is 7. The molecule has 0 radical (unpaired) electrons. The lowest BCUT2D eigenvalue weighted by Crippen LogP contribution is -2.15. The van der Waals surface area contributed by atoms with Crippen molar-refractivity contribution in [2.75, 3.05) is 16.8 Å². The minimum absolute atomic E-state index is 0.140. The van der Waals surface area contributed by atoms with Gasteiger partial charge in [0.2, 0.25) is 5.91 Å². The quantitative estimate of drug-likeness (QED) is 0.612. The summed E-state index contributed by atoms with van der Waals surface area (Å²) < 4.78 is 1.85. The third-order valence-corrected chi connectivity index (χ3v) is 5.52. The van der Waals surface area contributed by atoms with Crippen LogP contribution in [0.3, 0.4) is 0 Å². The summed E-state index contributed by atoms with van der Waals surface area (Å²) in [6, 6.07) is 13.3. The van der Waals surface area contributed by atoms with Gasteiger partial charge in [-0.2, -0.15) is 5.26 Å². The van der Waals surface area contributed by atoms with E-state index in [4.69, 9.17) is 5.26 Å². The maximum absolute atomic E-state index is 12.3. The number of amides is 1. The number of aromatic nitrogens is 4. The van der Waals surface area contributed by atoms with Gasteiger partial charge in [-0.25, -0.2) is 0 Å². The Hall–Kier alpha value is -2.83. The van der Waals surface area contributed by atoms with Gasteiger partial charge < -0.3 is 9.88 Å². The molecule has 0 atom stereocenters. The van der Waals surface area contributed by atoms with Crippen molar-refractivity contribution in [1.29, 1.82) is 5.26 Å². The largest absolute Gasteiger partial charge is 0.324 e. The Bertz CT molecular complexity index is 967. The maximum atomic E-state index is 12.3. The van der Waals surface area contributed by atoms with Crippen molar-refractivity contribution in [3.05, 3.63) is 48.8 Å². The average molecular weight is 397 g/mol. The van der Waals surface area contributed by atoms with E-state index in [0.29, 0.717) is 16.6 Å². The molecule has 27 heavy (non-hydrogen) atoms. The number of benzene rings is 1. The van der Waals surface area contributed by atoms with Crippen molar-refractivity contribution >= 4 is 35.1 Å². The van der Waals surface area contributed by atoms with E-state index >= 15 is 0 Å². The Morgan fingerprint density at radius 3 is 2.74 bits per heavy atom. The molecule has 1 aromatic carbocycles. The number of para-hydroxylation sites is 1. The first-order valence-electron chi connectivity index (χ1n) is 8.00. The van der Waals surface area contributed by atoms with E-state index in [1.807, 2.05) is 48.0 Å². The van der Waals surface area contributed by atoms with Crippen LogP contribution in [0.25, 0.3) is 11.4 Å². The highest BCUT2D eigenvalue weighted by molar-refractivity contribution is 8.00. The maximum Gasteiger partial charge on any atom is 0.234 e. The lowest BCUT2D eigenvalue weighted by molar-refractivity contribution is -0.113. The molecule has 0 aliphatic rings. The number of nitrogens with one attached hydrogen (secondary N) is 1. The summed E-state index contributed by atoms with van der Waals surface area (Å²) in [6.07, 6.45) is 3.40. The molecule has 1 N–H and O–H groups in total. The molecular formula is C18H16N6OS2. The Labute approximate surface area is 165 Å². The highest BCUT2D eigenvalue weighted by Gasteiger charge is 2.13. The van der Waals surface area contributed by atoms with Crippen molar-refractivity contribution in [2.45, 2.75) is 10.1 Å². The number of carbonyl (C=O) groups is 1. The Morgan fingerprint density at radius 2 is 1.96 bits per heavy atom. The summed E-state index contributed by atoms with van der Waals surface area (Å²) in [5.74, 6) is 1.12. The van der Waals surface area contributed by atoms with Crippen LogP contribution >= 0.6 is 23.5 Å². The smallest absolute Gasteiger partial charge is 0.234 e. The molecule has 0 aliphatic heterocycles. The molecule has 2 aromatic heterocycles. The van der Waals surface area contributed by atoms with Crippen LogP contribution in [0.5, 0.6) is 0 Å². The second-order valence-electron chi connectivity index (χ2n) is 5.38. The van der Waals surface area contributed by atoms with E-state index < -0.39 is 0 Å². The lowest BCUT2D eigenvalue weighted by Gasteiger charge is -2.09. The Morgan fingerprint density at radius 1 is 1.19 bits per heavy atom. The van der Waals surface area contributed by atoms with Crippen molar-refractivity contribution in [3.8, 4) is 17.5 Å². The van der Waals surface area contributed by atoms with E-state index in [9.17, 15) is 4.79 Å². The second-order valence-corrected chi connectivity index (χ2v) is 7.34. The fraction of sp³-hybridized carbons (Fsp3) is 0.167. The normalized spacial score (nSPS) is 10.4. The molecule has 7 nitrogen and oxygen atoms in total. The van der Waals surface area contributed by atoms with Gasteiger partial charge in [0.25, 0.3) is 0 Å². The highest BCUT2D eigenvalue weighted by atomic mass is 32.2. The number of thioether (sulfide) groups is 2. The molecule has 0 unspecified atom stereocenters. The van der Waals surface area contributed by atoms with Crippen LogP contribution in [0, 0.1) is 11.3 Å². The number of hydrogen-bond donors (Lipinski definition) is 1. The molecular weight excluding hydrogens is 380 g/mol. The first-order valence-corrected chi connectivity index (χ1v) is 9.97. The van der Waals surface area contributed by atoms with Crippen molar-refractivity contribution in [1.82, 2.24) is 19.7 Å². The van der Waals surface area contributed by atoms with Crippen LogP contribution in [0.15, 0.2) is 58.8 Å². The zero-order valence-corrected chi connectivity index (χ0v) is 16.1. The summed E-state index contributed by atoms with van der Waals surface area (Å²) in [4.78, 5) is 17.2. The molecule has 1 amide bonds. The lowest BCUT2D eigenvalue weighted by atomic mass is 10.2. The SMILES string of the molecule is Cn1c(SCC(=O)Nc2ccccc2SCC#N)nnc1-c1ccncc1. The summed E-state index contributed by atoms with van der Waals surface area (Å²) >= 11 is 2.71. The van der Waals surface area contributed by atoms with E-state index in [2.05, 4.69) is 26.6 Å². The molecule has 136 valence electrons. The van der Waals surface area contributed by atoms with Crippen LogP contribution in [-0.4, -0.2) is 37.2 Å². The van der Waals surface area contributed by atoms with Gasteiger partial charge in [0.15, 0.2) is 11.0 Å². The molecule has 2 heterocycles. The van der Waals surface area contributed by atoms with E-state index in [-0.39, 0.29) is 11.7 Å². The van der Waals surface area contributed by atoms with Gasteiger partial charge >= 0.3 is 0 Å². The zero-order chi connectivity index (χ0) is 19.1. The van der Waals surface area contributed by atoms with Gasteiger partial charge in [-0.05, 0) is 24.3 Å². The number of anilines is 1. The van der Waals surface area contributed by atoms with Gasteiger partial charge in [-0.15, -0.1) is 22.0 Å². The number of nitrogens with zero attached hydrogens (tertiary/aromatic N) is 5. The second kappa shape index (κ2) is 9.21. The predicted octanol–water partition coefficient (Wildman–Crippen LogP) is 3.22. The summed E-state index contributed by atoms with van der Waals surface area (Å²) in [6.45, 7) is 0. The fourth-order valence-corrected chi connectivity index (χ4v) is 3.70. The van der Waals surface area contributed by atoms with Crippen molar-refractivity contribution in [3.63, 3.8) is 0 Å². The minimum Gasteiger partial charge on any atom is -0.324 e. The molecule has 0 saturated heterocycles. The first kappa shape index (κ1) is 18.9. The zero-order valence-electron chi connectivity index (χ0n) is 14.5. The van der Waals surface area contributed by atoms with Gasteiger partial charge in [-0.3, -0.25) is 9.78 Å². The molecule has 9 heteroatoms. The summed E-state index contributed by atoms with van der Waals surface area (Å²) in [5, 5.41) is 20.6. The molecule has 0 spiro atoms. The topological polar surface area (TPSA) is 96.5 Å². The first-order chi connectivity index (χ1) is 13.2. The number of rotatable bonds is 7. The third-order valence-electron chi connectivity index (χ3n) is 3.56. The van der Waals surface area contributed by atoms with Crippen LogP contribution < -0.4 is 5.32 Å². The van der Waals surface area contributed by atoms with Crippen LogP contribution in [0.4, 0.5) is 5.69 Å². The standard InChI is InChI=1S/C18H16N6OS2/c1-24-17(13-6-9-20-10-7-13)22-23-18(24)27-12-16(25)21-14-4-2-3-5-15(14)26-11-8-19/h2-7,9-10H,11-12H2,1H3,(H,21,25). The van der Waals surface area contributed by atoms with Crippen LogP contribution in [0.2, 0.25) is 0 Å². The van der Waals surface area contributed by atoms with E-state index in [0.717, 1.165) is 16.3 Å². The third kappa shape index (κ3) is 4.87. The molecule has 0 fully saturated rings. The fourth-order valence-electron chi connectivity index (χ4n) is 2.32. The molecule has 0 bridgehead atoms. The van der Waals surface area contributed by atoms with Crippen LogP contribution in [0.1, 0.15) is 0 Å². The predicted molar refractivity (Wildman–Crippen MR) is 106 cm³/mol. The van der Waals surface area contributed by atoms with Gasteiger partial charge in [0.1, 0.15) is 0 Å². The molecule has 0 saturated carbocycles. The number of carbonyl (C=O) groups excluding carboxylic acids is 1. The van der Waals surface area contributed by atoms with Crippen LogP contribution in [-0.2, 0) is 11.8 Å². The summed E-state index contributed by atoms with van der Waals surface area (Å²) in [5.41, 5.74) is 1.62. The van der Waals surface area contributed by atoms with E-state index in [1.165, 1.54) is 23.5 Å². The highest BCUT2D eigenvalue weighted by Crippen LogP contribution is 2.27. The summed E-state index contributed by atoms with van der Waals surface area (Å²) in [7, 11) is 1.86. The Kier molecular flexibility index (Phi) is 6.46. The molecule has 3 aromatic rings. The van der Waals surface area contributed by atoms with Gasteiger partial charge in [0, 0.05) is 29.9 Å². The number of nitriles is 1.